The predicted molar refractivity (Wildman–Crippen MR) is 84.5 cm³/mol. The average Bonchev–Trinajstić information content (AvgIpc) is 3.16. The topological polar surface area (TPSA) is 98.6 Å². The molecule has 0 unspecified atom stereocenters. The van der Waals surface area contributed by atoms with Crippen LogP contribution in [0.2, 0.25) is 0 Å². The highest BCUT2D eigenvalue weighted by molar-refractivity contribution is 6.05. The summed E-state index contributed by atoms with van der Waals surface area (Å²) in [4.78, 5) is 12.9. The molecule has 0 aliphatic carbocycles. The van der Waals surface area contributed by atoms with Gasteiger partial charge in [0.2, 0.25) is 0 Å². The van der Waals surface area contributed by atoms with Gasteiger partial charge in [0.15, 0.2) is 0 Å². The SMILES string of the molecule is N#Cc1ccc(C(=O)N(c2ccc(C#N)cc2)n2cnnc2)cc1. The number of rotatable bonds is 3. The Hall–Kier alpha value is -3.97. The van der Waals surface area contributed by atoms with Crippen LogP contribution >= 0.6 is 0 Å². The lowest BCUT2D eigenvalue weighted by Crippen LogP contribution is -2.35. The van der Waals surface area contributed by atoms with Gasteiger partial charge in [0.1, 0.15) is 12.7 Å². The molecule has 1 heterocycles. The van der Waals surface area contributed by atoms with Crippen LogP contribution in [0.3, 0.4) is 0 Å². The molecule has 0 aliphatic rings. The van der Waals surface area contributed by atoms with Crippen LogP contribution in [0.5, 0.6) is 0 Å². The molecule has 0 spiro atoms. The van der Waals surface area contributed by atoms with Gasteiger partial charge in [0, 0.05) is 5.56 Å². The predicted octanol–water partition coefficient (Wildman–Crippen LogP) is 2.13. The third kappa shape index (κ3) is 2.82. The third-order valence-electron chi connectivity index (χ3n) is 3.33. The van der Waals surface area contributed by atoms with Crippen LogP contribution in [0.15, 0.2) is 61.2 Å². The molecule has 7 nitrogen and oxygen atoms in total. The van der Waals surface area contributed by atoms with Gasteiger partial charge in [-0.25, -0.2) is 9.69 Å². The largest absolute Gasteiger partial charge is 0.277 e. The molecular formula is C17H10N6O. The van der Waals surface area contributed by atoms with E-state index in [1.165, 1.54) is 22.3 Å². The lowest BCUT2D eigenvalue weighted by molar-refractivity contribution is 0.0976. The first-order valence-corrected chi connectivity index (χ1v) is 6.92. The van der Waals surface area contributed by atoms with E-state index in [4.69, 9.17) is 10.5 Å². The first-order valence-electron chi connectivity index (χ1n) is 6.92. The Labute approximate surface area is 137 Å². The van der Waals surface area contributed by atoms with Crippen molar-refractivity contribution in [3.63, 3.8) is 0 Å². The molecule has 0 bridgehead atoms. The Bertz CT molecular complexity index is 931. The Morgan fingerprint density at radius 2 is 1.38 bits per heavy atom. The smallest absolute Gasteiger partial charge is 0.267 e. The number of nitriles is 2. The summed E-state index contributed by atoms with van der Waals surface area (Å²) >= 11 is 0. The Balaban J connectivity index is 2.02. The molecule has 0 saturated heterocycles. The Morgan fingerprint density at radius 1 is 0.875 bits per heavy atom. The van der Waals surface area contributed by atoms with Crippen molar-refractivity contribution < 1.29 is 4.79 Å². The van der Waals surface area contributed by atoms with Gasteiger partial charge < -0.3 is 0 Å². The normalized spacial score (nSPS) is 9.75. The highest BCUT2D eigenvalue weighted by Gasteiger charge is 2.20. The van der Waals surface area contributed by atoms with E-state index in [1.807, 2.05) is 12.1 Å². The number of hydrogen-bond donors (Lipinski definition) is 0. The van der Waals surface area contributed by atoms with Crippen LogP contribution in [-0.4, -0.2) is 20.8 Å². The zero-order chi connectivity index (χ0) is 16.9. The monoisotopic (exact) mass is 314 g/mol. The molecule has 0 saturated carbocycles. The van der Waals surface area contributed by atoms with Gasteiger partial charge >= 0.3 is 0 Å². The second-order valence-electron chi connectivity index (χ2n) is 4.81. The molecule has 24 heavy (non-hydrogen) atoms. The fraction of sp³-hybridized carbons (Fsp3) is 0. The summed E-state index contributed by atoms with van der Waals surface area (Å²) in [7, 11) is 0. The van der Waals surface area contributed by atoms with E-state index in [1.54, 1.807) is 48.5 Å². The Morgan fingerprint density at radius 3 is 1.88 bits per heavy atom. The number of carbonyl (C=O) groups excluding carboxylic acids is 1. The zero-order valence-corrected chi connectivity index (χ0v) is 12.4. The molecule has 0 fully saturated rings. The van der Waals surface area contributed by atoms with Crippen LogP contribution in [0.1, 0.15) is 21.5 Å². The van der Waals surface area contributed by atoms with Crippen molar-refractivity contribution in [2.45, 2.75) is 0 Å². The van der Waals surface area contributed by atoms with Crippen molar-refractivity contribution in [3.8, 4) is 12.1 Å². The molecule has 2 aromatic carbocycles. The molecule has 3 rings (SSSR count). The molecule has 1 aromatic heterocycles. The van der Waals surface area contributed by atoms with Gasteiger partial charge in [-0.15, -0.1) is 10.2 Å². The first kappa shape index (κ1) is 14.9. The van der Waals surface area contributed by atoms with E-state index in [9.17, 15) is 4.79 Å². The maximum absolute atomic E-state index is 12.9. The summed E-state index contributed by atoms with van der Waals surface area (Å²) in [6.07, 6.45) is 2.81. The van der Waals surface area contributed by atoms with E-state index in [0.29, 0.717) is 22.4 Å². The van der Waals surface area contributed by atoms with Crippen molar-refractivity contribution >= 4 is 11.6 Å². The number of nitrogens with zero attached hydrogens (tertiary/aromatic N) is 6. The van der Waals surface area contributed by atoms with Gasteiger partial charge in [-0.1, -0.05) is 0 Å². The van der Waals surface area contributed by atoms with E-state index in [0.717, 1.165) is 0 Å². The number of aromatic nitrogens is 3. The van der Waals surface area contributed by atoms with Crippen molar-refractivity contribution in [1.82, 2.24) is 14.9 Å². The van der Waals surface area contributed by atoms with Gasteiger partial charge in [0.05, 0.1) is 29.0 Å². The zero-order valence-electron chi connectivity index (χ0n) is 12.4. The number of amides is 1. The van der Waals surface area contributed by atoms with E-state index in [-0.39, 0.29) is 5.91 Å². The second kappa shape index (κ2) is 6.42. The minimum atomic E-state index is -0.316. The molecule has 1 amide bonds. The van der Waals surface area contributed by atoms with Crippen LogP contribution in [0, 0.1) is 22.7 Å². The fourth-order valence-corrected chi connectivity index (χ4v) is 2.14. The van der Waals surface area contributed by atoms with Crippen molar-refractivity contribution in [2.24, 2.45) is 0 Å². The average molecular weight is 314 g/mol. The van der Waals surface area contributed by atoms with Crippen molar-refractivity contribution in [1.29, 1.82) is 10.5 Å². The summed E-state index contributed by atoms with van der Waals surface area (Å²) in [6, 6.07) is 17.0. The maximum Gasteiger partial charge on any atom is 0.277 e. The first-order chi connectivity index (χ1) is 11.7. The number of carbonyl (C=O) groups is 1. The standard InChI is InChI=1S/C17H10N6O/c18-9-13-1-5-15(6-2-13)17(24)23(22-11-20-21-12-22)16-7-3-14(10-19)4-8-16/h1-8,11-12H. The van der Waals surface area contributed by atoms with Crippen LogP contribution < -0.4 is 5.01 Å². The van der Waals surface area contributed by atoms with E-state index in [2.05, 4.69) is 10.2 Å². The fourth-order valence-electron chi connectivity index (χ4n) is 2.14. The van der Waals surface area contributed by atoms with Gasteiger partial charge in [-0.3, -0.25) is 4.79 Å². The molecule has 0 radical (unpaired) electrons. The molecule has 0 N–H and O–H groups in total. The van der Waals surface area contributed by atoms with Crippen molar-refractivity contribution in [3.05, 3.63) is 77.9 Å². The summed E-state index contributed by atoms with van der Waals surface area (Å²) in [5.41, 5.74) is 1.93. The number of anilines is 1. The van der Waals surface area contributed by atoms with Gasteiger partial charge in [-0.05, 0) is 48.5 Å². The lowest BCUT2D eigenvalue weighted by atomic mass is 10.1. The minimum absolute atomic E-state index is 0.316. The van der Waals surface area contributed by atoms with Gasteiger partial charge in [0.25, 0.3) is 5.91 Å². The van der Waals surface area contributed by atoms with E-state index < -0.39 is 0 Å². The quantitative estimate of drug-likeness (QED) is 0.737. The van der Waals surface area contributed by atoms with Crippen molar-refractivity contribution in [2.75, 3.05) is 5.01 Å². The Kier molecular flexibility index (Phi) is 4.00. The molecular weight excluding hydrogens is 304 g/mol. The second-order valence-corrected chi connectivity index (χ2v) is 4.81. The van der Waals surface area contributed by atoms with E-state index >= 15 is 0 Å². The number of hydrogen-bond acceptors (Lipinski definition) is 5. The maximum atomic E-state index is 12.9. The molecule has 0 aliphatic heterocycles. The molecule has 0 atom stereocenters. The summed E-state index contributed by atoms with van der Waals surface area (Å²) in [5, 5.41) is 26.6. The molecule has 3 aromatic rings. The number of benzene rings is 2. The highest BCUT2D eigenvalue weighted by atomic mass is 16.2. The molecule has 114 valence electrons. The minimum Gasteiger partial charge on any atom is -0.267 e. The summed E-state index contributed by atoms with van der Waals surface area (Å²) < 4.78 is 1.45. The van der Waals surface area contributed by atoms with Crippen LogP contribution in [-0.2, 0) is 0 Å². The molecule has 7 heteroatoms. The van der Waals surface area contributed by atoms with Gasteiger partial charge in [-0.2, -0.15) is 10.5 Å². The summed E-state index contributed by atoms with van der Waals surface area (Å²) in [6.45, 7) is 0. The lowest BCUT2D eigenvalue weighted by Gasteiger charge is -2.22. The van der Waals surface area contributed by atoms with Crippen LogP contribution in [0.4, 0.5) is 5.69 Å². The van der Waals surface area contributed by atoms with Crippen LogP contribution in [0.25, 0.3) is 0 Å². The summed E-state index contributed by atoms with van der Waals surface area (Å²) in [5.74, 6) is -0.316. The highest BCUT2D eigenvalue weighted by Crippen LogP contribution is 2.19. The third-order valence-corrected chi connectivity index (χ3v) is 3.33.